The van der Waals surface area contributed by atoms with Gasteiger partial charge in [0, 0.05) is 103 Å². The lowest BCUT2D eigenvalue weighted by molar-refractivity contribution is -0.271. The second-order valence-corrected chi connectivity index (χ2v) is 36.9. The van der Waals surface area contributed by atoms with Gasteiger partial charge in [-0.3, -0.25) is 43.3 Å². The highest BCUT2D eigenvalue weighted by Crippen LogP contribution is 2.45. The van der Waals surface area contributed by atoms with Crippen molar-refractivity contribution < 1.29 is 111 Å². The molecule has 752 valence electrons. The minimum Gasteiger partial charge on any atom is -0.479 e. The first kappa shape index (κ1) is 109. The van der Waals surface area contributed by atoms with Crippen LogP contribution in [0.1, 0.15) is 156 Å². The largest absolute Gasteiger partial charge is 0.479 e. The summed E-state index contributed by atoms with van der Waals surface area (Å²) in [5.74, 6) is -9.12. The number of benzene rings is 4. The number of aliphatic carboxylic acids is 1. The van der Waals surface area contributed by atoms with Crippen LogP contribution >= 0.6 is 11.6 Å². The number of aliphatic hydroxyl groups is 4. The molecule has 39 nitrogen and oxygen atoms in total. The van der Waals surface area contributed by atoms with Gasteiger partial charge in [0.2, 0.25) is 53.5 Å². The molecule has 9 rings (SSSR count). The van der Waals surface area contributed by atoms with Crippen molar-refractivity contribution in [3.63, 3.8) is 0 Å². The van der Waals surface area contributed by atoms with Crippen molar-refractivity contribution >= 4 is 105 Å². The van der Waals surface area contributed by atoms with E-state index in [1.165, 1.54) is 56.5 Å². The SMILES string of the molecule is CC[C@H](C)[C@@H]([C@@H](CC(=O)N1CCC[C@H]1[C@H](OC)[C@@H](C)C(=O)N[C@H](C)[C@@H](O)c1ccccc1)OC)N(C)C(=O)[C@@H](NC(=O)[C@H](C(C)C)N(C)C(=O)OCc1ccc(O[C@@H]2O[C@H](C(=O)O)[C@@H](O)[C@H](O)[C@H]2O)c(NC(=O)[C@H](CCCNC(N)=O)NC(=O)[C@@H](NC(=O)CCOCCC(=O)NCCNc2ncc(-c3cc(C)cc(F)c3)c(N3CCC(N)CC3)c2-c2nc3ccc(Cl)cc3[nH]2)C(C)C)c1)C(C)C. The number of piperidine rings is 1. The van der Waals surface area contributed by atoms with E-state index in [-0.39, 0.29) is 112 Å². The zero-order valence-electron chi connectivity index (χ0n) is 80.5. The fraction of sp³-hybridized carbons (Fsp3) is 0.573. The Hall–Kier alpha value is -11.5. The second-order valence-electron chi connectivity index (χ2n) is 36.5. The van der Waals surface area contributed by atoms with Crippen LogP contribution in [0.4, 0.5) is 31.2 Å². The van der Waals surface area contributed by atoms with Gasteiger partial charge in [-0.2, -0.15) is 0 Å². The number of carbonyl (C=O) groups is 11. The van der Waals surface area contributed by atoms with Crippen molar-refractivity contribution in [1.82, 2.24) is 61.6 Å². The van der Waals surface area contributed by atoms with Crippen molar-refractivity contribution in [1.29, 1.82) is 0 Å². The van der Waals surface area contributed by atoms with E-state index in [0.717, 1.165) is 16.2 Å². The van der Waals surface area contributed by atoms with Gasteiger partial charge in [0.1, 0.15) is 72.3 Å². The number of aromatic amines is 1. The van der Waals surface area contributed by atoms with Gasteiger partial charge in [-0.1, -0.05) is 123 Å². The van der Waals surface area contributed by atoms with Gasteiger partial charge in [0.25, 0.3) is 0 Å². The first-order valence-electron chi connectivity index (χ1n) is 46.6. The molecule has 18 N–H and O–H groups in total. The number of aromatic nitrogens is 3. The molecule has 0 unspecified atom stereocenters. The van der Waals surface area contributed by atoms with Crippen LogP contribution in [0.25, 0.3) is 33.5 Å². The zero-order valence-corrected chi connectivity index (χ0v) is 81.2. The molecule has 3 fully saturated rings. The number of imidazole rings is 1. The third-order valence-electron chi connectivity index (χ3n) is 25.3. The lowest BCUT2D eigenvalue weighted by atomic mass is 9.89. The van der Waals surface area contributed by atoms with Gasteiger partial charge in [0.05, 0.1) is 90.0 Å². The van der Waals surface area contributed by atoms with E-state index >= 15 is 9.18 Å². The topological polar surface area (TPSA) is 547 Å². The standard InChI is InChI=1S/C96H137ClFN17O22/c1-16-54(9)78(70(132-14)47-73(118)115-37-21-25-68(115)84(133-15)55(10)88(123)105-56(11)80(119)58-22-18-17-19-23-58)112(12)92(127)76(51(4)5)111-91(126)77(52(6)7)113(13)96(131)135-49-57-26-29-69(136-94-83(122)81(120)82(121)85(137-94)93(128)129)67(44-57)109-89(124)65(24-20-34-103-95(100)130)108-90(125)75(50(2)3)110-72(117)33-41-134-40-32-71(116)101-35-36-102-86-74(87-106-64-28-27-60(97)46-66(64)107-87)79(114-38-30-62(99)31-39-114)63(48-104-86)59-42-53(8)43-61(98)45-59/h17-19,22-23,26-29,42-46,48,50-52,54-56,62,65,68,70,75-78,80-85,94,119-122H,16,20-21,24-25,30-41,47,49,99H2,1-15H3,(H,101,116)(H,102,104)(H,105,123)(H,106,107)(H,108,125)(H,109,124)(H,110,117)(H,111,126)(H,128,129)(H3,100,103,130)/t54-,55+,56+,65-,68-,70+,75-,76-,77-,78-,80+,81-,82-,83+,84+,85-,94+/m0/s1. The number of nitrogens with two attached hydrogens (primary N) is 2. The van der Waals surface area contributed by atoms with Crippen LogP contribution in [-0.2, 0) is 73.4 Å². The van der Waals surface area contributed by atoms with Gasteiger partial charge in [-0.25, -0.2) is 28.7 Å². The number of rotatable bonds is 48. The number of hydrogen-bond donors (Lipinski definition) is 16. The van der Waals surface area contributed by atoms with Gasteiger partial charge >= 0.3 is 18.1 Å². The van der Waals surface area contributed by atoms with Crippen LogP contribution in [-0.4, -0.2) is 293 Å². The molecule has 3 saturated heterocycles. The number of H-pyrrole nitrogens is 1. The number of likely N-dealkylation sites (tertiary alicyclic amines) is 1. The maximum atomic E-state index is 15.1. The van der Waals surface area contributed by atoms with E-state index < -0.39 is 175 Å². The summed E-state index contributed by atoms with van der Waals surface area (Å²) in [5, 5.41) is 76.5. The summed E-state index contributed by atoms with van der Waals surface area (Å²) in [5.41, 5.74) is 16.9. The van der Waals surface area contributed by atoms with Crippen molar-refractivity contribution in [2.24, 2.45) is 41.1 Å². The van der Waals surface area contributed by atoms with E-state index in [1.54, 1.807) is 116 Å². The molecule has 3 aliphatic rings. The molecule has 4 aromatic carbocycles. The molecule has 0 spiro atoms. The highest BCUT2D eigenvalue weighted by atomic mass is 35.5. The van der Waals surface area contributed by atoms with Gasteiger partial charge in [0.15, 0.2) is 6.10 Å². The van der Waals surface area contributed by atoms with E-state index in [4.69, 9.17) is 61.5 Å². The molecule has 0 aliphatic carbocycles. The fourth-order valence-corrected chi connectivity index (χ4v) is 17.7. The second kappa shape index (κ2) is 51.3. The third-order valence-corrected chi connectivity index (χ3v) is 25.5. The van der Waals surface area contributed by atoms with Gasteiger partial charge in [-0.15, -0.1) is 0 Å². The molecular weight excluding hydrogens is 1800 g/mol. The summed E-state index contributed by atoms with van der Waals surface area (Å²) >= 11 is 6.41. The van der Waals surface area contributed by atoms with E-state index in [1.807, 2.05) is 32.9 Å². The number of likely N-dealkylation sites (N-methyl/N-ethyl adjacent to an activating group) is 2. The third kappa shape index (κ3) is 29.3. The number of carbonyl (C=O) groups excluding carboxylic acids is 10. The van der Waals surface area contributed by atoms with Crippen molar-refractivity contribution in [2.75, 3.05) is 96.3 Å². The molecule has 6 aromatic rings. The lowest BCUT2D eigenvalue weighted by Crippen LogP contribution is -2.61. The minimum absolute atomic E-state index is 0.00165. The summed E-state index contributed by atoms with van der Waals surface area (Å²) in [4.78, 5) is 173. The molecule has 5 heterocycles. The van der Waals surface area contributed by atoms with E-state index in [2.05, 4.69) is 52.4 Å². The number of fused-ring (bicyclic) bond motifs is 1. The number of amides is 11. The Morgan fingerprint density at radius 1 is 0.737 bits per heavy atom. The average molecular weight is 1940 g/mol. The van der Waals surface area contributed by atoms with Crippen LogP contribution in [0.5, 0.6) is 5.75 Å². The number of aliphatic hydroxyl groups excluding tert-OH is 4. The molecule has 17 atom stereocenters. The fourth-order valence-electron chi connectivity index (χ4n) is 17.5. The van der Waals surface area contributed by atoms with Gasteiger partial charge < -0.3 is 128 Å². The van der Waals surface area contributed by atoms with Gasteiger partial charge in [-0.05, 0) is 141 Å². The van der Waals surface area contributed by atoms with Crippen LogP contribution in [0, 0.1) is 42.3 Å². The summed E-state index contributed by atoms with van der Waals surface area (Å²) in [6.45, 7) is 20.2. The molecule has 41 heteroatoms. The molecular formula is C96H137ClFN17O22. The molecule has 11 amide bonds. The zero-order chi connectivity index (χ0) is 101. The molecule has 137 heavy (non-hydrogen) atoms. The number of primary amides is 1. The Labute approximate surface area is 802 Å². The predicted molar refractivity (Wildman–Crippen MR) is 509 cm³/mol. The van der Waals surface area contributed by atoms with Crippen molar-refractivity contribution in [3.8, 4) is 28.3 Å². The molecule has 2 aromatic heterocycles. The van der Waals surface area contributed by atoms with E-state index in [0.29, 0.717) is 102 Å². The number of hydrogen-bond acceptors (Lipinski definition) is 26. The van der Waals surface area contributed by atoms with Crippen LogP contribution < -0.4 is 63.6 Å². The molecule has 0 radical (unpaired) electrons. The minimum atomic E-state index is -2.14. The maximum absolute atomic E-state index is 15.1. The number of nitrogens with zero attached hydrogens (tertiary/aromatic N) is 6. The molecule has 3 aliphatic heterocycles. The Morgan fingerprint density at radius 3 is 2.07 bits per heavy atom. The number of ether oxygens (including phenoxy) is 6. The number of carboxylic acids is 1. The summed E-state index contributed by atoms with van der Waals surface area (Å²) in [6, 6.07) is 14.8. The number of pyridine rings is 1. The smallest absolute Gasteiger partial charge is 0.410 e. The quantitative estimate of drug-likeness (QED) is 0.0181. The predicted octanol–water partition coefficient (Wildman–Crippen LogP) is 6.52. The summed E-state index contributed by atoms with van der Waals surface area (Å²) in [6.07, 6.45) is -10.1. The first-order chi connectivity index (χ1) is 65.1. The maximum Gasteiger partial charge on any atom is 0.410 e. The van der Waals surface area contributed by atoms with Crippen LogP contribution in [0.3, 0.4) is 0 Å². The van der Waals surface area contributed by atoms with E-state index in [9.17, 15) is 73.5 Å². The Bertz CT molecular complexity index is 5090. The highest BCUT2D eigenvalue weighted by Gasteiger charge is 2.50. The number of aryl methyl sites for hydroxylation is 1. The number of anilines is 3. The molecule has 0 bridgehead atoms. The number of nitrogens with one attached hydrogen (secondary N) is 9. The normalized spacial score (nSPS) is 19.3. The number of methoxy groups -OCH3 is 2. The highest BCUT2D eigenvalue weighted by molar-refractivity contribution is 6.31. The van der Waals surface area contributed by atoms with Crippen molar-refractivity contribution in [2.45, 2.75) is 244 Å². The van der Waals surface area contributed by atoms with Crippen LogP contribution in [0.2, 0.25) is 5.02 Å². The molecule has 0 saturated carbocycles. The Balaban J connectivity index is 0.830. The van der Waals surface area contributed by atoms with Crippen molar-refractivity contribution in [3.05, 3.63) is 119 Å². The number of urea groups is 1. The number of halogens is 2. The lowest BCUT2D eigenvalue weighted by Gasteiger charge is -2.41. The first-order valence-corrected chi connectivity index (χ1v) is 47.0. The monoisotopic (exact) mass is 1930 g/mol. The Morgan fingerprint density at radius 2 is 1.43 bits per heavy atom. The summed E-state index contributed by atoms with van der Waals surface area (Å²) in [7, 11) is 5.84. The Kier molecular flexibility index (Phi) is 40.9. The summed E-state index contributed by atoms with van der Waals surface area (Å²) < 4.78 is 50.2. The van der Waals surface area contributed by atoms with Crippen LogP contribution in [0.15, 0.2) is 91.1 Å². The number of carboxylic acid groups (broad SMARTS) is 1. The average Bonchev–Trinajstić information content (AvgIpc) is 1.69.